The van der Waals surface area contributed by atoms with Crippen LogP contribution in [0.15, 0.2) is 47.5 Å². The van der Waals surface area contributed by atoms with Crippen molar-refractivity contribution in [3.05, 3.63) is 76.2 Å². The van der Waals surface area contributed by atoms with Crippen LogP contribution in [0.1, 0.15) is 5.69 Å². The quantitative estimate of drug-likeness (QED) is 0.480. The number of anilines is 1. The van der Waals surface area contributed by atoms with Gasteiger partial charge in [-0.2, -0.15) is 0 Å². The van der Waals surface area contributed by atoms with E-state index in [4.69, 9.17) is 0 Å². The molecule has 0 saturated carbocycles. The minimum Gasteiger partial charge on any atom is -0.379 e. The Morgan fingerprint density at radius 1 is 1.11 bits per heavy atom. The number of benzene rings is 1. The molecule has 0 radical (unpaired) electrons. The van der Waals surface area contributed by atoms with Crippen LogP contribution >= 0.6 is 0 Å². The van der Waals surface area contributed by atoms with Crippen LogP contribution in [0.25, 0.3) is 22.4 Å². The van der Waals surface area contributed by atoms with Crippen molar-refractivity contribution in [2.75, 3.05) is 5.32 Å². The molecule has 0 unspecified atom stereocenters. The summed E-state index contributed by atoms with van der Waals surface area (Å²) < 4.78 is 40.8. The highest BCUT2D eigenvalue weighted by atomic mass is 19.2. The second-order valence-corrected chi connectivity index (χ2v) is 5.74. The topological polar surface area (TPSA) is 86.5 Å². The largest absolute Gasteiger partial charge is 0.379 e. The van der Waals surface area contributed by atoms with Gasteiger partial charge in [0.05, 0.1) is 23.4 Å². The first-order valence-electron chi connectivity index (χ1n) is 7.93. The molecule has 0 aliphatic carbocycles. The van der Waals surface area contributed by atoms with Crippen LogP contribution in [0.2, 0.25) is 0 Å². The number of nitrogens with zero attached hydrogens (tertiary/aromatic N) is 2. The molecule has 0 bridgehead atoms. The van der Waals surface area contributed by atoms with Gasteiger partial charge in [0, 0.05) is 18.5 Å². The molecular weight excluding hydrogens is 359 g/mol. The van der Waals surface area contributed by atoms with E-state index in [0.717, 1.165) is 11.8 Å². The van der Waals surface area contributed by atoms with Gasteiger partial charge in [0.1, 0.15) is 16.9 Å². The van der Waals surface area contributed by atoms with E-state index in [2.05, 4.69) is 25.3 Å². The molecule has 3 aromatic heterocycles. The molecule has 0 aliphatic heterocycles. The normalized spacial score (nSPS) is 11.1. The minimum atomic E-state index is -1.61. The number of halogens is 3. The number of fused-ring (bicyclic) bond motifs is 1. The molecule has 9 heteroatoms. The summed E-state index contributed by atoms with van der Waals surface area (Å²) in [5, 5.41) is 3.07. The fraction of sp³-hybridized carbons (Fsp3) is 0.0556. The summed E-state index contributed by atoms with van der Waals surface area (Å²) in [5.41, 5.74) is 0.294. The average molecular weight is 371 g/mol. The van der Waals surface area contributed by atoms with E-state index >= 15 is 0 Å². The van der Waals surface area contributed by atoms with Crippen LogP contribution in [0.5, 0.6) is 0 Å². The summed E-state index contributed by atoms with van der Waals surface area (Å²) in [4.78, 5) is 25.6. The number of rotatable bonds is 4. The smallest absolute Gasteiger partial charge is 0.261 e. The first kappa shape index (κ1) is 16.8. The highest BCUT2D eigenvalue weighted by molar-refractivity contribution is 5.83. The third kappa shape index (κ3) is 3.03. The van der Waals surface area contributed by atoms with Crippen LogP contribution in [-0.4, -0.2) is 19.9 Å². The predicted octanol–water partition coefficient (Wildman–Crippen LogP) is 3.34. The fourth-order valence-corrected chi connectivity index (χ4v) is 2.73. The molecule has 4 rings (SSSR count). The first-order valence-corrected chi connectivity index (χ1v) is 7.93. The summed E-state index contributed by atoms with van der Waals surface area (Å²) >= 11 is 0. The Hall–Kier alpha value is -3.62. The van der Waals surface area contributed by atoms with Gasteiger partial charge in [-0.25, -0.2) is 18.2 Å². The van der Waals surface area contributed by atoms with Gasteiger partial charge >= 0.3 is 0 Å². The molecule has 3 N–H and O–H groups in total. The van der Waals surface area contributed by atoms with Crippen LogP contribution in [0.3, 0.4) is 0 Å². The number of imidazole rings is 1. The summed E-state index contributed by atoms with van der Waals surface area (Å²) in [7, 11) is 0. The van der Waals surface area contributed by atoms with Crippen LogP contribution in [0.4, 0.5) is 18.9 Å². The Labute approximate surface area is 150 Å². The number of hydrogen-bond acceptors (Lipinski definition) is 4. The number of aromatic amines is 2. The van der Waals surface area contributed by atoms with Crippen molar-refractivity contribution in [2.45, 2.75) is 6.54 Å². The molecule has 0 fully saturated rings. The number of nitrogens with one attached hydrogen (secondary N) is 3. The molecule has 27 heavy (non-hydrogen) atoms. The molecule has 3 heterocycles. The summed E-state index contributed by atoms with van der Waals surface area (Å²) in [5.74, 6) is -4.39. The highest BCUT2D eigenvalue weighted by Crippen LogP contribution is 2.27. The molecule has 0 spiro atoms. The number of H-pyrrole nitrogens is 2. The SMILES string of the molecule is O=c1[nH]ccc(NCc2ccccn2)c1-c1nc2c(F)c(F)c(F)cc2[nH]1. The minimum absolute atomic E-state index is 0.0146. The second kappa shape index (κ2) is 6.60. The Kier molecular flexibility index (Phi) is 4.11. The van der Waals surface area contributed by atoms with E-state index in [9.17, 15) is 18.0 Å². The fourth-order valence-electron chi connectivity index (χ4n) is 2.73. The lowest BCUT2D eigenvalue weighted by molar-refractivity contribution is 0.452. The zero-order valence-corrected chi connectivity index (χ0v) is 13.7. The Bertz CT molecular complexity index is 1190. The number of hydrogen-bond donors (Lipinski definition) is 3. The Morgan fingerprint density at radius 2 is 1.96 bits per heavy atom. The lowest BCUT2D eigenvalue weighted by atomic mass is 10.2. The molecule has 6 nitrogen and oxygen atoms in total. The summed E-state index contributed by atoms with van der Waals surface area (Å²) in [6.07, 6.45) is 3.08. The molecule has 136 valence electrons. The van der Waals surface area contributed by atoms with Crippen molar-refractivity contribution >= 4 is 16.7 Å². The monoisotopic (exact) mass is 371 g/mol. The standard InChI is InChI=1S/C18H12F3N5O/c19-10-7-12-16(15(21)14(10)20)26-17(25-12)13-11(4-6-23-18(13)27)24-8-9-3-1-2-5-22-9/h1-7H,8H2,(H,25,26)(H2,23,24,27). The van der Waals surface area contributed by atoms with Gasteiger partial charge in [-0.15, -0.1) is 0 Å². The Morgan fingerprint density at radius 3 is 2.74 bits per heavy atom. The molecule has 0 saturated heterocycles. The van der Waals surface area contributed by atoms with E-state index in [1.807, 2.05) is 12.1 Å². The molecule has 0 aliphatic rings. The van der Waals surface area contributed by atoms with Crippen molar-refractivity contribution in [3.63, 3.8) is 0 Å². The second-order valence-electron chi connectivity index (χ2n) is 5.74. The van der Waals surface area contributed by atoms with E-state index in [-0.39, 0.29) is 22.4 Å². The zero-order valence-electron chi connectivity index (χ0n) is 13.7. The van der Waals surface area contributed by atoms with Gasteiger partial charge in [-0.05, 0) is 18.2 Å². The zero-order chi connectivity index (χ0) is 19.0. The number of pyridine rings is 2. The van der Waals surface area contributed by atoms with Gasteiger partial charge in [-0.3, -0.25) is 9.78 Å². The van der Waals surface area contributed by atoms with Gasteiger partial charge in [0.2, 0.25) is 0 Å². The maximum Gasteiger partial charge on any atom is 0.261 e. The molecule has 0 amide bonds. The summed E-state index contributed by atoms with van der Waals surface area (Å²) in [6.45, 7) is 0.329. The predicted molar refractivity (Wildman–Crippen MR) is 93.6 cm³/mol. The average Bonchev–Trinajstić information content (AvgIpc) is 3.09. The number of aromatic nitrogens is 4. The van der Waals surface area contributed by atoms with Crippen molar-refractivity contribution < 1.29 is 13.2 Å². The third-order valence-electron chi connectivity index (χ3n) is 4.00. The first-order chi connectivity index (χ1) is 13.0. The third-order valence-corrected chi connectivity index (χ3v) is 4.00. The van der Waals surface area contributed by atoms with Crippen molar-refractivity contribution in [1.82, 2.24) is 19.9 Å². The van der Waals surface area contributed by atoms with Crippen molar-refractivity contribution in [2.24, 2.45) is 0 Å². The lowest BCUT2D eigenvalue weighted by Gasteiger charge is -2.09. The van der Waals surface area contributed by atoms with Gasteiger partial charge in [0.15, 0.2) is 17.5 Å². The Balaban J connectivity index is 1.79. The summed E-state index contributed by atoms with van der Waals surface area (Å²) in [6, 6.07) is 7.81. The van der Waals surface area contributed by atoms with Gasteiger partial charge < -0.3 is 15.3 Å². The van der Waals surface area contributed by atoms with Crippen LogP contribution in [-0.2, 0) is 6.54 Å². The van der Waals surface area contributed by atoms with Crippen LogP contribution < -0.4 is 10.9 Å². The molecule has 4 aromatic rings. The molecule has 0 atom stereocenters. The van der Waals surface area contributed by atoms with Crippen LogP contribution in [0, 0.1) is 17.5 Å². The van der Waals surface area contributed by atoms with Crippen molar-refractivity contribution in [3.8, 4) is 11.4 Å². The van der Waals surface area contributed by atoms with E-state index in [1.54, 1.807) is 18.3 Å². The lowest BCUT2D eigenvalue weighted by Crippen LogP contribution is -2.13. The maximum atomic E-state index is 14.0. The van der Waals surface area contributed by atoms with Gasteiger partial charge in [0.25, 0.3) is 5.56 Å². The molecule has 1 aromatic carbocycles. The van der Waals surface area contributed by atoms with Gasteiger partial charge in [-0.1, -0.05) is 6.07 Å². The van der Waals surface area contributed by atoms with E-state index < -0.39 is 23.0 Å². The van der Waals surface area contributed by atoms with E-state index in [1.165, 1.54) is 6.20 Å². The maximum absolute atomic E-state index is 14.0. The molecular formula is C18H12F3N5O. The van der Waals surface area contributed by atoms with Crippen molar-refractivity contribution in [1.29, 1.82) is 0 Å². The van der Waals surface area contributed by atoms with E-state index in [0.29, 0.717) is 12.2 Å². The highest BCUT2D eigenvalue weighted by Gasteiger charge is 2.20.